The molecule has 0 aromatic heterocycles. The second kappa shape index (κ2) is 10.1. The van der Waals surface area contributed by atoms with Gasteiger partial charge in [0, 0.05) is 37.2 Å². The summed E-state index contributed by atoms with van der Waals surface area (Å²) in [5.41, 5.74) is 7.68. The number of piperidine rings is 1. The second-order valence-corrected chi connectivity index (χ2v) is 12.4. The third-order valence-electron chi connectivity index (χ3n) is 7.93. The van der Waals surface area contributed by atoms with Crippen LogP contribution in [-0.4, -0.2) is 61.9 Å². The van der Waals surface area contributed by atoms with E-state index < -0.39 is 34.3 Å². The highest BCUT2D eigenvalue weighted by Crippen LogP contribution is 2.36. The van der Waals surface area contributed by atoms with Crippen molar-refractivity contribution >= 4 is 33.5 Å². The highest BCUT2D eigenvalue weighted by atomic mass is 32.2. The lowest BCUT2D eigenvalue weighted by Gasteiger charge is -2.34. The third kappa shape index (κ3) is 5.29. The van der Waals surface area contributed by atoms with Crippen LogP contribution in [-0.2, 0) is 21.2 Å². The van der Waals surface area contributed by atoms with E-state index in [-0.39, 0.29) is 56.4 Å². The lowest BCUT2D eigenvalue weighted by molar-refractivity contribution is -0.125. The van der Waals surface area contributed by atoms with Crippen molar-refractivity contribution in [1.82, 2.24) is 9.62 Å². The molecule has 1 aliphatic carbocycles. The molecule has 1 spiro atoms. The Kier molecular flexibility index (Phi) is 6.08. The number of hydrogen-bond donors (Lipinski definition) is 2. The molecule has 2 heterocycles. The maximum absolute atomic E-state index is 13.2. The summed E-state index contributed by atoms with van der Waals surface area (Å²) in [7, 11) is -2.00. The third-order valence-corrected chi connectivity index (χ3v) is 9.80. The monoisotopic (exact) mass is 521 g/mol. The molecule has 1 aromatic rings. The summed E-state index contributed by atoms with van der Waals surface area (Å²) in [4.78, 5) is 30.6. The fraction of sp³-hybridized carbons (Fsp3) is 0.654. The largest absolute Gasteiger partial charge is 0.351 e. The Bertz CT molecular complexity index is 1290. The van der Waals surface area contributed by atoms with E-state index in [1.165, 1.54) is 9.21 Å². The van der Waals surface area contributed by atoms with E-state index in [4.69, 9.17) is 16.2 Å². The zero-order valence-electron chi connectivity index (χ0n) is 25.3. The Labute approximate surface area is 220 Å². The Hall–Kier alpha value is -2.46. The summed E-state index contributed by atoms with van der Waals surface area (Å²) in [5.74, 6) is -1.33. The highest BCUT2D eigenvalue weighted by Gasteiger charge is 2.48. The minimum Gasteiger partial charge on any atom is -0.351 e. The molecule has 1 saturated carbocycles. The number of carbonyl (C=O) groups excluding carboxylic acids is 2. The number of amidine groups is 1. The average molecular weight is 522 g/mol. The van der Waals surface area contributed by atoms with Crippen LogP contribution in [0.25, 0.3) is 0 Å². The average Bonchev–Trinajstić information content (AvgIpc) is 3.18. The number of nitrogens with one attached hydrogen (secondary N) is 1. The molecule has 198 valence electrons. The van der Waals surface area contributed by atoms with Crippen molar-refractivity contribution in [2.24, 2.45) is 22.5 Å². The zero-order chi connectivity index (χ0) is 29.7. The number of anilines is 1. The number of nitrogens with zero attached hydrogens (tertiary/aromatic N) is 3. The summed E-state index contributed by atoms with van der Waals surface area (Å²) < 4.78 is 59.2. The second-order valence-electron chi connectivity index (χ2n) is 10.3. The number of aliphatic imine (C=N–C) groups is 1. The normalized spacial score (nSPS) is 28.5. The van der Waals surface area contributed by atoms with Crippen LogP contribution in [0.15, 0.2) is 17.1 Å². The first-order chi connectivity index (χ1) is 18.5. The highest BCUT2D eigenvalue weighted by molar-refractivity contribution is 7.89. The molecule has 2 fully saturated rings. The molecule has 3 aliphatic rings. The van der Waals surface area contributed by atoms with Gasteiger partial charge in [0.05, 0.1) is 5.75 Å². The quantitative estimate of drug-likeness (QED) is 0.597. The molecule has 3 N–H and O–H groups in total. The van der Waals surface area contributed by atoms with Crippen LogP contribution in [0, 0.1) is 25.7 Å². The summed E-state index contributed by atoms with van der Waals surface area (Å²) in [6.45, 7) is 1.79. The minimum atomic E-state index is -3.59. The van der Waals surface area contributed by atoms with Crippen molar-refractivity contribution in [2.75, 3.05) is 30.8 Å². The van der Waals surface area contributed by atoms with E-state index in [1.807, 2.05) is 26.0 Å². The van der Waals surface area contributed by atoms with Crippen LogP contribution >= 0.6 is 0 Å². The van der Waals surface area contributed by atoms with Gasteiger partial charge in [-0.15, -0.1) is 0 Å². The number of aryl methyl sites for hydroxylation is 2. The molecule has 36 heavy (non-hydrogen) atoms. The number of hydrogen-bond acceptors (Lipinski definition) is 5. The predicted molar refractivity (Wildman–Crippen MR) is 142 cm³/mol. The lowest BCUT2D eigenvalue weighted by Crippen LogP contribution is -2.51. The van der Waals surface area contributed by atoms with Gasteiger partial charge in [0.15, 0.2) is 0 Å². The summed E-state index contributed by atoms with van der Waals surface area (Å²) >= 11 is 0. The molecular formula is C26H39N5O4S. The smallest absolute Gasteiger partial charge is 0.318 e. The van der Waals surface area contributed by atoms with Gasteiger partial charge in [-0.3, -0.25) is 14.7 Å². The first-order valence-corrected chi connectivity index (χ1v) is 14.1. The number of sulfonamides is 1. The van der Waals surface area contributed by atoms with Crippen molar-refractivity contribution in [3.63, 3.8) is 0 Å². The molecule has 4 rings (SSSR count). The molecule has 9 nitrogen and oxygen atoms in total. The summed E-state index contributed by atoms with van der Waals surface area (Å²) in [5, 5.41) is 2.89. The maximum atomic E-state index is 13.2. The van der Waals surface area contributed by atoms with Crippen LogP contribution in [0.3, 0.4) is 0 Å². The van der Waals surface area contributed by atoms with Gasteiger partial charge in [-0.25, -0.2) is 17.5 Å². The first-order valence-electron chi connectivity index (χ1n) is 14.5. The number of rotatable bonds is 6. The topological polar surface area (TPSA) is 125 Å². The van der Waals surface area contributed by atoms with Crippen molar-refractivity contribution < 1.29 is 23.5 Å². The van der Waals surface area contributed by atoms with E-state index in [2.05, 4.69) is 5.32 Å². The molecule has 10 heteroatoms. The molecule has 2 aliphatic heterocycles. The lowest BCUT2D eigenvalue weighted by atomic mass is 9.82. The van der Waals surface area contributed by atoms with Crippen molar-refractivity contribution in [2.45, 2.75) is 71.2 Å². The summed E-state index contributed by atoms with van der Waals surface area (Å²) in [6, 6.07) is 3.06. The first kappa shape index (κ1) is 21.6. The van der Waals surface area contributed by atoms with Gasteiger partial charge in [-0.05, 0) is 80.7 Å². The molecule has 1 aromatic carbocycles. The van der Waals surface area contributed by atoms with Gasteiger partial charge in [0.2, 0.25) is 10.0 Å². The van der Waals surface area contributed by atoms with Crippen molar-refractivity contribution in [1.29, 1.82) is 0 Å². The molecule has 1 saturated heterocycles. The van der Waals surface area contributed by atoms with Gasteiger partial charge in [0.25, 0.3) is 5.91 Å². The standard InChI is InChI=1S/C26H39N5O4S/c1-17-5-7-20(8-6-17)23-28-24(32)26(29-23)10-12-31(13-11-26)36(34,35)14-9-22-18(2)15-21(16-19(22)3)30(4)25(27)33/h15-17,20H,5-14H2,1-4H3,(H2,27,33)(H,28,29,32)/i1D3,17D. The number of carbonyl (C=O) groups is 2. The Morgan fingerprint density at radius 2 is 1.86 bits per heavy atom. The zero-order valence-corrected chi connectivity index (χ0v) is 22.1. The van der Waals surface area contributed by atoms with Crippen LogP contribution in [0.4, 0.5) is 10.5 Å². The van der Waals surface area contributed by atoms with Gasteiger partial charge in [-0.1, -0.05) is 19.7 Å². The fourth-order valence-electron chi connectivity index (χ4n) is 5.49. The fourth-order valence-corrected chi connectivity index (χ4v) is 6.95. The number of amides is 3. The number of benzene rings is 1. The van der Waals surface area contributed by atoms with E-state index >= 15 is 0 Å². The van der Waals surface area contributed by atoms with Crippen LogP contribution in [0.1, 0.15) is 67.6 Å². The number of urea groups is 1. The number of primary amides is 1. The van der Waals surface area contributed by atoms with Crippen molar-refractivity contribution in [3.8, 4) is 0 Å². The summed E-state index contributed by atoms with van der Waals surface area (Å²) in [6.07, 6.45) is 2.24. The molecular weight excluding hydrogens is 478 g/mol. The minimum absolute atomic E-state index is 0.0756. The van der Waals surface area contributed by atoms with Gasteiger partial charge in [-0.2, -0.15) is 0 Å². The van der Waals surface area contributed by atoms with Gasteiger partial charge in [0.1, 0.15) is 11.4 Å². The Morgan fingerprint density at radius 1 is 1.25 bits per heavy atom. The molecule has 0 atom stereocenters. The Morgan fingerprint density at radius 3 is 2.42 bits per heavy atom. The van der Waals surface area contributed by atoms with E-state index in [1.54, 1.807) is 7.05 Å². The van der Waals surface area contributed by atoms with E-state index in [0.29, 0.717) is 30.8 Å². The predicted octanol–water partition coefficient (Wildman–Crippen LogP) is 2.88. The van der Waals surface area contributed by atoms with Crippen molar-refractivity contribution in [3.05, 3.63) is 28.8 Å². The van der Waals surface area contributed by atoms with E-state index in [9.17, 15) is 18.0 Å². The Balaban J connectivity index is 1.37. The molecule has 0 unspecified atom stereocenters. The maximum Gasteiger partial charge on any atom is 0.318 e. The van der Waals surface area contributed by atoms with Gasteiger partial charge >= 0.3 is 6.03 Å². The van der Waals surface area contributed by atoms with Crippen LogP contribution in [0.5, 0.6) is 0 Å². The van der Waals surface area contributed by atoms with E-state index in [0.717, 1.165) is 16.7 Å². The molecule has 0 bridgehead atoms. The number of nitrogens with two attached hydrogens (primary N) is 1. The van der Waals surface area contributed by atoms with Crippen LogP contribution in [0.2, 0.25) is 0 Å². The SMILES string of the molecule is [2H]C([2H])([2H])C1([2H])CCC(C2=NC3(CCN(S(=O)(=O)CCc4c(C)cc(N(C)C(N)=O)cc4C)CC3)C(=O)N2)CC1. The van der Waals surface area contributed by atoms with Gasteiger partial charge < -0.3 is 11.1 Å². The molecule has 3 amide bonds. The molecule has 0 radical (unpaired) electrons. The van der Waals surface area contributed by atoms with Crippen LogP contribution < -0.4 is 16.0 Å².